The Morgan fingerprint density at radius 2 is 1.92 bits per heavy atom. The minimum absolute atomic E-state index is 0.230. The molecule has 0 radical (unpaired) electrons. The van der Waals surface area contributed by atoms with E-state index in [1.54, 1.807) is 12.3 Å². The van der Waals surface area contributed by atoms with Gasteiger partial charge in [0.1, 0.15) is 5.69 Å². The van der Waals surface area contributed by atoms with Crippen LogP contribution in [0.5, 0.6) is 0 Å². The number of piperidine rings is 1. The van der Waals surface area contributed by atoms with Crippen molar-refractivity contribution >= 4 is 23.2 Å². The van der Waals surface area contributed by atoms with Gasteiger partial charge in [-0.25, -0.2) is 9.97 Å². The lowest BCUT2D eigenvalue weighted by molar-refractivity contribution is 0.102. The highest BCUT2D eigenvalue weighted by Crippen LogP contribution is 2.24. The summed E-state index contributed by atoms with van der Waals surface area (Å²) in [5.41, 5.74) is 2.33. The number of rotatable bonds is 6. The minimum atomic E-state index is -0.230. The fourth-order valence-corrected chi connectivity index (χ4v) is 3.02. The maximum atomic E-state index is 12.4. The second kappa shape index (κ2) is 8.65. The van der Waals surface area contributed by atoms with Crippen molar-refractivity contribution in [2.24, 2.45) is 5.92 Å². The van der Waals surface area contributed by atoms with Crippen LogP contribution in [0.2, 0.25) is 0 Å². The van der Waals surface area contributed by atoms with Crippen LogP contribution in [0.15, 0.2) is 36.5 Å². The molecule has 1 aliphatic rings. The van der Waals surface area contributed by atoms with Crippen molar-refractivity contribution in [2.75, 3.05) is 35.2 Å². The fraction of sp³-hybridized carbons (Fsp3) is 0.450. The first kappa shape index (κ1) is 18.2. The number of benzene rings is 1. The van der Waals surface area contributed by atoms with Crippen LogP contribution < -0.4 is 15.5 Å². The largest absolute Gasteiger partial charge is 0.372 e. The zero-order valence-electron chi connectivity index (χ0n) is 15.5. The smallest absolute Gasteiger partial charge is 0.274 e. The Morgan fingerprint density at radius 1 is 1.19 bits per heavy atom. The van der Waals surface area contributed by atoms with E-state index < -0.39 is 0 Å². The molecule has 1 aromatic carbocycles. The Morgan fingerprint density at radius 3 is 2.62 bits per heavy atom. The zero-order chi connectivity index (χ0) is 18.4. The lowest BCUT2D eigenvalue weighted by Crippen LogP contribution is -2.32. The van der Waals surface area contributed by atoms with Crippen molar-refractivity contribution in [1.29, 1.82) is 0 Å². The molecule has 3 rings (SSSR count). The van der Waals surface area contributed by atoms with E-state index in [2.05, 4.69) is 51.5 Å². The Hall–Kier alpha value is -2.63. The molecule has 26 heavy (non-hydrogen) atoms. The molecule has 6 nitrogen and oxygen atoms in total. The van der Waals surface area contributed by atoms with Gasteiger partial charge in [0, 0.05) is 37.2 Å². The predicted molar refractivity (Wildman–Crippen MR) is 106 cm³/mol. The molecule has 6 heteroatoms. The van der Waals surface area contributed by atoms with E-state index in [0.29, 0.717) is 11.6 Å². The summed E-state index contributed by atoms with van der Waals surface area (Å²) in [6, 6.07) is 9.65. The number of nitrogens with one attached hydrogen (secondary N) is 2. The highest BCUT2D eigenvalue weighted by atomic mass is 16.1. The topological polar surface area (TPSA) is 70.2 Å². The number of hydrogen-bond donors (Lipinski definition) is 2. The molecule has 0 atom stereocenters. The van der Waals surface area contributed by atoms with Crippen molar-refractivity contribution in [2.45, 2.75) is 33.1 Å². The standard InChI is InChI=1S/C20H27N5O/c1-3-11-21-20-22-12-8-18(24-20)19(26)23-16-4-6-17(7-5-16)25-13-9-15(2)10-14-25/h4-8,12,15H,3,9-11,13-14H2,1-2H3,(H,23,26)(H,21,22,24). The predicted octanol–water partition coefficient (Wildman–Crippen LogP) is 3.79. The quantitative estimate of drug-likeness (QED) is 0.827. The van der Waals surface area contributed by atoms with Crippen molar-refractivity contribution < 1.29 is 4.79 Å². The van der Waals surface area contributed by atoms with E-state index in [1.807, 2.05) is 12.1 Å². The van der Waals surface area contributed by atoms with Crippen LogP contribution in [-0.4, -0.2) is 35.5 Å². The molecule has 1 saturated heterocycles. The van der Waals surface area contributed by atoms with Gasteiger partial charge < -0.3 is 15.5 Å². The number of anilines is 3. The molecule has 0 bridgehead atoms. The third-order valence-electron chi connectivity index (χ3n) is 4.70. The van der Waals surface area contributed by atoms with Crippen molar-refractivity contribution in [1.82, 2.24) is 9.97 Å². The van der Waals surface area contributed by atoms with E-state index in [9.17, 15) is 4.79 Å². The van der Waals surface area contributed by atoms with Gasteiger partial charge in [0.2, 0.25) is 5.95 Å². The van der Waals surface area contributed by atoms with Crippen molar-refractivity contribution in [3.8, 4) is 0 Å². The molecule has 0 spiro atoms. The van der Waals surface area contributed by atoms with Crippen LogP contribution in [0.4, 0.5) is 17.3 Å². The Kier molecular flexibility index (Phi) is 6.04. The summed E-state index contributed by atoms with van der Waals surface area (Å²) in [6.45, 7) is 7.36. The Bertz CT molecular complexity index is 723. The first-order chi connectivity index (χ1) is 12.7. The third kappa shape index (κ3) is 4.71. The summed E-state index contributed by atoms with van der Waals surface area (Å²) >= 11 is 0. The lowest BCUT2D eigenvalue weighted by Gasteiger charge is -2.32. The van der Waals surface area contributed by atoms with Crippen molar-refractivity contribution in [3.63, 3.8) is 0 Å². The zero-order valence-corrected chi connectivity index (χ0v) is 15.5. The molecule has 0 saturated carbocycles. The monoisotopic (exact) mass is 353 g/mol. The van der Waals surface area contributed by atoms with Crippen molar-refractivity contribution in [3.05, 3.63) is 42.2 Å². The summed E-state index contributed by atoms with van der Waals surface area (Å²) in [5.74, 6) is 1.06. The molecular formula is C20H27N5O. The van der Waals surface area contributed by atoms with Gasteiger partial charge >= 0.3 is 0 Å². The van der Waals surface area contributed by atoms with Crippen LogP contribution in [0.1, 0.15) is 43.6 Å². The summed E-state index contributed by atoms with van der Waals surface area (Å²) in [5, 5.41) is 6.00. The van der Waals surface area contributed by atoms with E-state index in [4.69, 9.17) is 0 Å². The van der Waals surface area contributed by atoms with Gasteiger partial charge in [-0.15, -0.1) is 0 Å². The molecule has 138 valence electrons. The lowest BCUT2D eigenvalue weighted by atomic mass is 9.99. The maximum absolute atomic E-state index is 12.4. The molecule has 0 aliphatic carbocycles. The highest BCUT2D eigenvalue weighted by molar-refractivity contribution is 6.03. The maximum Gasteiger partial charge on any atom is 0.274 e. The first-order valence-electron chi connectivity index (χ1n) is 9.39. The van der Waals surface area contributed by atoms with E-state index >= 15 is 0 Å². The SMILES string of the molecule is CCCNc1nccc(C(=O)Nc2ccc(N3CCC(C)CC3)cc2)n1. The number of nitrogens with zero attached hydrogens (tertiary/aromatic N) is 3. The molecule has 1 fully saturated rings. The normalized spacial score (nSPS) is 14.9. The van der Waals surface area contributed by atoms with Crippen LogP contribution in [0.25, 0.3) is 0 Å². The molecule has 1 amide bonds. The average molecular weight is 353 g/mol. The van der Waals surface area contributed by atoms with E-state index in [1.165, 1.54) is 18.5 Å². The first-order valence-corrected chi connectivity index (χ1v) is 9.39. The van der Waals surface area contributed by atoms with Gasteiger partial charge in [0.05, 0.1) is 0 Å². The van der Waals surface area contributed by atoms with Crippen LogP contribution >= 0.6 is 0 Å². The van der Waals surface area contributed by atoms with E-state index in [0.717, 1.165) is 37.7 Å². The molecule has 2 aromatic rings. The molecule has 2 heterocycles. The number of amides is 1. The molecular weight excluding hydrogens is 326 g/mol. The second-order valence-electron chi connectivity index (χ2n) is 6.86. The van der Waals surface area contributed by atoms with Crippen LogP contribution in [-0.2, 0) is 0 Å². The van der Waals surface area contributed by atoms with Gasteiger partial charge in [0.25, 0.3) is 5.91 Å². The van der Waals surface area contributed by atoms with Crippen LogP contribution in [0, 0.1) is 5.92 Å². The highest BCUT2D eigenvalue weighted by Gasteiger charge is 2.16. The summed E-state index contributed by atoms with van der Waals surface area (Å²) in [4.78, 5) is 23.2. The summed E-state index contributed by atoms with van der Waals surface area (Å²) < 4.78 is 0. The van der Waals surface area contributed by atoms with Gasteiger partial charge in [-0.2, -0.15) is 0 Å². The molecule has 1 aromatic heterocycles. The molecule has 1 aliphatic heterocycles. The van der Waals surface area contributed by atoms with Gasteiger partial charge in [-0.05, 0) is 55.5 Å². The second-order valence-corrected chi connectivity index (χ2v) is 6.86. The number of hydrogen-bond acceptors (Lipinski definition) is 5. The molecule has 2 N–H and O–H groups in total. The average Bonchev–Trinajstić information content (AvgIpc) is 2.68. The van der Waals surface area contributed by atoms with Gasteiger partial charge in [0.15, 0.2) is 0 Å². The van der Waals surface area contributed by atoms with Crippen LogP contribution in [0.3, 0.4) is 0 Å². The summed E-state index contributed by atoms with van der Waals surface area (Å²) in [7, 11) is 0. The van der Waals surface area contributed by atoms with Gasteiger partial charge in [-0.3, -0.25) is 4.79 Å². The van der Waals surface area contributed by atoms with Gasteiger partial charge in [-0.1, -0.05) is 13.8 Å². The number of carbonyl (C=O) groups excluding carboxylic acids is 1. The number of aromatic nitrogens is 2. The summed E-state index contributed by atoms with van der Waals surface area (Å²) in [6.07, 6.45) is 5.05. The minimum Gasteiger partial charge on any atom is -0.372 e. The fourth-order valence-electron chi connectivity index (χ4n) is 3.02. The molecule has 0 unspecified atom stereocenters. The Balaban J connectivity index is 1.61. The third-order valence-corrected chi connectivity index (χ3v) is 4.70. The van der Waals surface area contributed by atoms with E-state index in [-0.39, 0.29) is 5.91 Å². The number of carbonyl (C=O) groups is 1. The Labute approximate surface area is 155 Å².